The molecule has 17 heavy (non-hydrogen) atoms. The van der Waals surface area contributed by atoms with Crippen molar-refractivity contribution in [3.63, 3.8) is 0 Å². The number of morpholine rings is 1. The predicted molar refractivity (Wildman–Crippen MR) is 62.0 cm³/mol. The normalized spacial score (nSPS) is 19.5. The molecule has 2 heterocycles. The summed E-state index contributed by atoms with van der Waals surface area (Å²) in [4.78, 5) is 14.2. The monoisotopic (exact) mass is 235 g/mol. The number of carbonyl (C=O) groups is 1. The molecule has 1 aromatic heterocycles. The van der Waals surface area contributed by atoms with E-state index < -0.39 is 0 Å². The summed E-state index contributed by atoms with van der Waals surface area (Å²) < 4.78 is 7.14. The lowest BCUT2D eigenvalue weighted by molar-refractivity contribution is 0.0298. The fourth-order valence-corrected chi connectivity index (χ4v) is 2.70. The van der Waals surface area contributed by atoms with Crippen LogP contribution in [0.25, 0.3) is 0 Å². The van der Waals surface area contributed by atoms with Crippen LogP contribution in [0.15, 0.2) is 0 Å². The lowest BCUT2D eigenvalue weighted by Crippen LogP contribution is -2.41. The molecule has 1 saturated heterocycles. The molecule has 5 nitrogen and oxygen atoms in total. The Morgan fingerprint density at radius 1 is 1.29 bits per heavy atom. The number of hydrogen-bond acceptors (Lipinski definition) is 3. The SMILES string of the molecule is Cn1nc(C(=O)N2CCOCC2)c2c1CCC2. The van der Waals surface area contributed by atoms with E-state index in [1.807, 2.05) is 16.6 Å². The zero-order chi connectivity index (χ0) is 11.8. The highest BCUT2D eigenvalue weighted by Crippen LogP contribution is 2.25. The van der Waals surface area contributed by atoms with E-state index in [0.29, 0.717) is 32.0 Å². The highest BCUT2D eigenvalue weighted by molar-refractivity contribution is 5.94. The fraction of sp³-hybridized carbons (Fsp3) is 0.667. The lowest BCUT2D eigenvalue weighted by atomic mass is 10.2. The van der Waals surface area contributed by atoms with Crippen molar-refractivity contribution in [2.75, 3.05) is 26.3 Å². The van der Waals surface area contributed by atoms with Crippen LogP contribution in [0.2, 0.25) is 0 Å². The first kappa shape index (κ1) is 10.8. The van der Waals surface area contributed by atoms with E-state index in [4.69, 9.17) is 4.74 Å². The minimum Gasteiger partial charge on any atom is -0.378 e. The Morgan fingerprint density at radius 3 is 2.82 bits per heavy atom. The maximum atomic E-state index is 12.4. The maximum Gasteiger partial charge on any atom is 0.274 e. The van der Waals surface area contributed by atoms with Crippen LogP contribution in [0.3, 0.4) is 0 Å². The number of rotatable bonds is 1. The second-order valence-corrected chi connectivity index (χ2v) is 4.66. The molecule has 3 rings (SSSR count). The summed E-state index contributed by atoms with van der Waals surface area (Å²) >= 11 is 0. The van der Waals surface area contributed by atoms with Crippen LogP contribution in [0.1, 0.15) is 28.2 Å². The van der Waals surface area contributed by atoms with Gasteiger partial charge in [-0.05, 0) is 19.3 Å². The van der Waals surface area contributed by atoms with Crippen LogP contribution >= 0.6 is 0 Å². The molecular weight excluding hydrogens is 218 g/mol. The van der Waals surface area contributed by atoms with Gasteiger partial charge >= 0.3 is 0 Å². The quantitative estimate of drug-likeness (QED) is 0.707. The molecule has 0 radical (unpaired) electrons. The van der Waals surface area contributed by atoms with Crippen molar-refractivity contribution in [3.05, 3.63) is 17.0 Å². The molecule has 1 amide bonds. The Balaban J connectivity index is 1.88. The van der Waals surface area contributed by atoms with Crippen LogP contribution in [-0.2, 0) is 24.6 Å². The number of hydrogen-bond donors (Lipinski definition) is 0. The van der Waals surface area contributed by atoms with Crippen molar-refractivity contribution in [2.24, 2.45) is 7.05 Å². The van der Waals surface area contributed by atoms with Crippen LogP contribution in [-0.4, -0.2) is 46.9 Å². The minimum atomic E-state index is 0.0760. The summed E-state index contributed by atoms with van der Waals surface area (Å²) in [5.74, 6) is 0.0760. The fourth-order valence-electron chi connectivity index (χ4n) is 2.70. The summed E-state index contributed by atoms with van der Waals surface area (Å²) in [5.41, 5.74) is 3.08. The van der Waals surface area contributed by atoms with E-state index in [1.54, 1.807) is 0 Å². The van der Waals surface area contributed by atoms with Gasteiger partial charge in [0.05, 0.1) is 13.2 Å². The smallest absolute Gasteiger partial charge is 0.274 e. The number of amides is 1. The molecule has 1 aliphatic carbocycles. The standard InChI is InChI=1S/C12H17N3O2/c1-14-10-4-2-3-9(10)11(13-14)12(16)15-5-7-17-8-6-15/h2-8H2,1H3. The van der Waals surface area contributed by atoms with Gasteiger partial charge in [0.15, 0.2) is 5.69 Å². The van der Waals surface area contributed by atoms with Gasteiger partial charge < -0.3 is 9.64 Å². The Bertz CT molecular complexity index is 447. The zero-order valence-corrected chi connectivity index (χ0v) is 10.1. The van der Waals surface area contributed by atoms with Crippen molar-refractivity contribution in [1.29, 1.82) is 0 Å². The average molecular weight is 235 g/mol. The van der Waals surface area contributed by atoms with Crippen molar-refractivity contribution >= 4 is 5.91 Å². The molecule has 1 aromatic rings. The van der Waals surface area contributed by atoms with Crippen LogP contribution < -0.4 is 0 Å². The van der Waals surface area contributed by atoms with Gasteiger partial charge in [0, 0.05) is 31.4 Å². The number of ether oxygens (including phenoxy) is 1. The number of carbonyl (C=O) groups excluding carboxylic acids is 1. The van der Waals surface area contributed by atoms with E-state index in [0.717, 1.165) is 19.3 Å². The van der Waals surface area contributed by atoms with Gasteiger partial charge in [-0.15, -0.1) is 0 Å². The molecule has 1 aliphatic heterocycles. The molecule has 92 valence electrons. The maximum absolute atomic E-state index is 12.4. The largest absolute Gasteiger partial charge is 0.378 e. The molecule has 0 saturated carbocycles. The molecule has 0 aromatic carbocycles. The van der Waals surface area contributed by atoms with Crippen molar-refractivity contribution in [3.8, 4) is 0 Å². The molecular formula is C12H17N3O2. The third-order valence-corrected chi connectivity index (χ3v) is 3.62. The minimum absolute atomic E-state index is 0.0760. The van der Waals surface area contributed by atoms with Gasteiger partial charge in [-0.1, -0.05) is 0 Å². The van der Waals surface area contributed by atoms with E-state index in [9.17, 15) is 4.79 Å². The van der Waals surface area contributed by atoms with E-state index in [1.165, 1.54) is 11.3 Å². The second kappa shape index (κ2) is 4.14. The van der Waals surface area contributed by atoms with Gasteiger partial charge in [-0.2, -0.15) is 5.10 Å². The first-order chi connectivity index (χ1) is 8.27. The van der Waals surface area contributed by atoms with Gasteiger partial charge in [0.1, 0.15) is 0 Å². The zero-order valence-electron chi connectivity index (χ0n) is 10.1. The van der Waals surface area contributed by atoms with E-state index in [-0.39, 0.29) is 5.91 Å². The molecule has 0 unspecified atom stereocenters. The summed E-state index contributed by atoms with van der Waals surface area (Å²) in [6.45, 7) is 2.65. The summed E-state index contributed by atoms with van der Waals surface area (Å²) in [5, 5.41) is 4.39. The Labute approximate surface area is 100 Å². The molecule has 0 spiro atoms. The van der Waals surface area contributed by atoms with Crippen molar-refractivity contribution < 1.29 is 9.53 Å². The number of nitrogens with zero attached hydrogens (tertiary/aromatic N) is 3. The molecule has 0 bridgehead atoms. The highest BCUT2D eigenvalue weighted by Gasteiger charge is 2.28. The highest BCUT2D eigenvalue weighted by atomic mass is 16.5. The Morgan fingerprint density at radius 2 is 2.06 bits per heavy atom. The molecule has 0 atom stereocenters. The lowest BCUT2D eigenvalue weighted by Gasteiger charge is -2.26. The summed E-state index contributed by atoms with van der Waals surface area (Å²) in [7, 11) is 1.93. The van der Waals surface area contributed by atoms with Gasteiger partial charge in [0.25, 0.3) is 5.91 Å². The number of aryl methyl sites for hydroxylation is 1. The molecule has 2 aliphatic rings. The van der Waals surface area contributed by atoms with Crippen LogP contribution in [0.5, 0.6) is 0 Å². The third kappa shape index (κ3) is 1.74. The average Bonchev–Trinajstić information content (AvgIpc) is 2.94. The van der Waals surface area contributed by atoms with E-state index >= 15 is 0 Å². The van der Waals surface area contributed by atoms with Gasteiger partial charge in [0.2, 0.25) is 0 Å². The first-order valence-electron chi connectivity index (χ1n) is 6.19. The van der Waals surface area contributed by atoms with Crippen LogP contribution in [0, 0.1) is 0 Å². The molecule has 5 heteroatoms. The molecule has 1 fully saturated rings. The summed E-state index contributed by atoms with van der Waals surface area (Å²) in [6.07, 6.45) is 3.19. The number of aromatic nitrogens is 2. The molecule has 0 N–H and O–H groups in total. The topological polar surface area (TPSA) is 47.4 Å². The van der Waals surface area contributed by atoms with Crippen molar-refractivity contribution in [2.45, 2.75) is 19.3 Å². The second-order valence-electron chi connectivity index (χ2n) is 4.66. The van der Waals surface area contributed by atoms with Crippen molar-refractivity contribution in [1.82, 2.24) is 14.7 Å². The third-order valence-electron chi connectivity index (χ3n) is 3.62. The Hall–Kier alpha value is -1.36. The number of fused-ring (bicyclic) bond motifs is 1. The van der Waals surface area contributed by atoms with Gasteiger partial charge in [-0.25, -0.2) is 0 Å². The predicted octanol–water partition coefficient (Wildman–Crippen LogP) is 0.381. The van der Waals surface area contributed by atoms with Crippen LogP contribution in [0.4, 0.5) is 0 Å². The van der Waals surface area contributed by atoms with E-state index in [2.05, 4.69) is 5.10 Å². The Kier molecular flexibility index (Phi) is 2.63. The first-order valence-corrected chi connectivity index (χ1v) is 6.19. The van der Waals surface area contributed by atoms with Gasteiger partial charge in [-0.3, -0.25) is 9.48 Å². The summed E-state index contributed by atoms with van der Waals surface area (Å²) in [6, 6.07) is 0.